The third-order valence-corrected chi connectivity index (χ3v) is 4.07. The lowest BCUT2D eigenvalue weighted by atomic mass is 10.0. The SMILES string of the molecule is CCCN(C(=O)c1cc(Cl)cn1CC)C1CCCNC1. The zero-order chi connectivity index (χ0) is 14.5. The summed E-state index contributed by atoms with van der Waals surface area (Å²) in [5, 5.41) is 4.02. The fraction of sp³-hybridized carbons (Fsp3) is 0.667. The van der Waals surface area contributed by atoms with Gasteiger partial charge < -0.3 is 14.8 Å². The van der Waals surface area contributed by atoms with E-state index in [1.807, 2.05) is 22.6 Å². The summed E-state index contributed by atoms with van der Waals surface area (Å²) in [5.41, 5.74) is 0.705. The molecule has 0 radical (unpaired) electrons. The fourth-order valence-electron chi connectivity index (χ4n) is 2.85. The summed E-state index contributed by atoms with van der Waals surface area (Å²) in [7, 11) is 0. The minimum atomic E-state index is 0.106. The third kappa shape index (κ3) is 3.36. The lowest BCUT2D eigenvalue weighted by Crippen LogP contribution is -2.49. The zero-order valence-electron chi connectivity index (χ0n) is 12.4. The van der Waals surface area contributed by atoms with E-state index in [9.17, 15) is 4.79 Å². The van der Waals surface area contributed by atoms with Gasteiger partial charge in [0.15, 0.2) is 0 Å². The average Bonchev–Trinajstić information content (AvgIpc) is 2.86. The van der Waals surface area contributed by atoms with Gasteiger partial charge in [-0.3, -0.25) is 4.79 Å². The van der Waals surface area contributed by atoms with E-state index in [1.54, 1.807) is 6.07 Å². The fourth-order valence-corrected chi connectivity index (χ4v) is 3.07. The van der Waals surface area contributed by atoms with Crippen LogP contribution in [0.25, 0.3) is 0 Å². The van der Waals surface area contributed by atoms with E-state index in [0.717, 1.165) is 45.4 Å². The quantitative estimate of drug-likeness (QED) is 0.907. The molecule has 112 valence electrons. The van der Waals surface area contributed by atoms with Crippen LogP contribution >= 0.6 is 11.6 Å². The predicted octanol–water partition coefficient (Wildman–Crippen LogP) is 2.77. The molecule has 1 aliphatic rings. The standard InChI is InChI=1S/C15H24ClN3O/c1-3-8-19(13-6-5-7-17-10-13)15(20)14-9-12(16)11-18(14)4-2/h9,11,13,17H,3-8,10H2,1-2H3. The number of nitrogens with zero attached hydrogens (tertiary/aromatic N) is 2. The molecule has 0 saturated carbocycles. The predicted molar refractivity (Wildman–Crippen MR) is 82.3 cm³/mol. The lowest BCUT2D eigenvalue weighted by Gasteiger charge is -2.34. The molecule has 2 rings (SSSR count). The molecule has 1 atom stereocenters. The summed E-state index contributed by atoms with van der Waals surface area (Å²) in [6.07, 6.45) is 5.02. The van der Waals surface area contributed by atoms with Crippen molar-refractivity contribution in [3.05, 3.63) is 23.0 Å². The number of carbonyl (C=O) groups excluding carboxylic acids is 1. The van der Waals surface area contributed by atoms with E-state index in [1.165, 1.54) is 0 Å². The Morgan fingerprint density at radius 3 is 2.95 bits per heavy atom. The smallest absolute Gasteiger partial charge is 0.270 e. The number of rotatable bonds is 5. The van der Waals surface area contributed by atoms with Crippen molar-refractivity contribution in [2.75, 3.05) is 19.6 Å². The van der Waals surface area contributed by atoms with E-state index < -0.39 is 0 Å². The molecule has 1 unspecified atom stereocenters. The van der Waals surface area contributed by atoms with Gasteiger partial charge in [0.25, 0.3) is 5.91 Å². The molecular weight excluding hydrogens is 274 g/mol. The summed E-state index contributed by atoms with van der Waals surface area (Å²) >= 11 is 6.05. The molecule has 2 heterocycles. The molecule has 1 N–H and O–H groups in total. The van der Waals surface area contributed by atoms with Crippen LogP contribution in [0.1, 0.15) is 43.6 Å². The highest BCUT2D eigenvalue weighted by Crippen LogP contribution is 2.19. The number of piperidine rings is 1. The molecule has 20 heavy (non-hydrogen) atoms. The first kappa shape index (κ1) is 15.4. The molecule has 0 aliphatic carbocycles. The van der Waals surface area contributed by atoms with Crippen LogP contribution in [0.2, 0.25) is 5.02 Å². The van der Waals surface area contributed by atoms with Crippen molar-refractivity contribution in [2.45, 2.75) is 45.7 Å². The Kier molecular flexibility index (Phi) is 5.49. The highest BCUT2D eigenvalue weighted by molar-refractivity contribution is 6.31. The first-order chi connectivity index (χ1) is 9.67. The normalized spacial score (nSPS) is 19.1. The van der Waals surface area contributed by atoms with Crippen molar-refractivity contribution in [1.29, 1.82) is 0 Å². The van der Waals surface area contributed by atoms with Crippen molar-refractivity contribution in [2.24, 2.45) is 0 Å². The number of aryl methyl sites for hydroxylation is 1. The Hall–Kier alpha value is -1.00. The van der Waals surface area contributed by atoms with Gasteiger partial charge in [0.05, 0.1) is 5.02 Å². The Labute approximate surface area is 126 Å². The minimum Gasteiger partial charge on any atom is -0.342 e. The molecule has 0 spiro atoms. The van der Waals surface area contributed by atoms with Crippen molar-refractivity contribution in [3.63, 3.8) is 0 Å². The van der Waals surface area contributed by atoms with Crippen molar-refractivity contribution >= 4 is 17.5 Å². The van der Waals surface area contributed by atoms with E-state index in [-0.39, 0.29) is 5.91 Å². The van der Waals surface area contributed by atoms with Crippen molar-refractivity contribution < 1.29 is 4.79 Å². The topological polar surface area (TPSA) is 37.3 Å². The van der Waals surface area contributed by atoms with Crippen LogP contribution in [0, 0.1) is 0 Å². The second-order valence-electron chi connectivity index (χ2n) is 5.33. The number of amides is 1. The van der Waals surface area contributed by atoms with Crippen LogP contribution in [0.15, 0.2) is 12.3 Å². The maximum Gasteiger partial charge on any atom is 0.270 e. The van der Waals surface area contributed by atoms with Gasteiger partial charge in [-0.2, -0.15) is 0 Å². The Morgan fingerprint density at radius 1 is 1.55 bits per heavy atom. The molecule has 1 saturated heterocycles. The number of hydrogen-bond acceptors (Lipinski definition) is 2. The molecule has 4 nitrogen and oxygen atoms in total. The van der Waals surface area contributed by atoms with Gasteiger partial charge in [-0.15, -0.1) is 0 Å². The summed E-state index contributed by atoms with van der Waals surface area (Å²) < 4.78 is 1.93. The van der Waals surface area contributed by atoms with Crippen LogP contribution in [-0.2, 0) is 6.54 Å². The molecule has 1 amide bonds. The van der Waals surface area contributed by atoms with E-state index in [0.29, 0.717) is 16.8 Å². The van der Waals surface area contributed by atoms with Gasteiger partial charge >= 0.3 is 0 Å². The second kappa shape index (κ2) is 7.14. The summed E-state index contributed by atoms with van der Waals surface area (Å²) in [5.74, 6) is 0.106. The average molecular weight is 298 g/mol. The maximum absolute atomic E-state index is 12.8. The van der Waals surface area contributed by atoms with Crippen molar-refractivity contribution in [1.82, 2.24) is 14.8 Å². The number of halogens is 1. The molecule has 1 aliphatic heterocycles. The van der Waals surface area contributed by atoms with Gasteiger partial charge in [-0.05, 0) is 38.8 Å². The molecule has 1 aromatic heterocycles. The maximum atomic E-state index is 12.8. The third-order valence-electron chi connectivity index (χ3n) is 3.86. The Balaban J connectivity index is 2.20. The molecule has 5 heteroatoms. The highest BCUT2D eigenvalue weighted by Gasteiger charge is 2.27. The lowest BCUT2D eigenvalue weighted by molar-refractivity contribution is 0.0638. The molecule has 0 aromatic carbocycles. The number of hydrogen-bond donors (Lipinski definition) is 1. The van der Waals surface area contributed by atoms with Gasteiger partial charge in [0, 0.05) is 31.9 Å². The molecular formula is C15H24ClN3O. The van der Waals surface area contributed by atoms with Gasteiger partial charge in [-0.25, -0.2) is 0 Å². The Bertz CT molecular complexity index is 452. The van der Waals surface area contributed by atoms with Gasteiger partial charge in [-0.1, -0.05) is 18.5 Å². The van der Waals surface area contributed by atoms with Gasteiger partial charge in [0.2, 0.25) is 0 Å². The highest BCUT2D eigenvalue weighted by atomic mass is 35.5. The zero-order valence-corrected chi connectivity index (χ0v) is 13.1. The van der Waals surface area contributed by atoms with Crippen LogP contribution in [0.4, 0.5) is 0 Å². The van der Waals surface area contributed by atoms with Crippen LogP contribution in [0.5, 0.6) is 0 Å². The molecule has 1 aromatic rings. The van der Waals surface area contributed by atoms with Crippen LogP contribution in [0.3, 0.4) is 0 Å². The van der Waals surface area contributed by atoms with Crippen LogP contribution < -0.4 is 5.32 Å². The van der Waals surface area contributed by atoms with Gasteiger partial charge in [0.1, 0.15) is 5.69 Å². The first-order valence-electron chi connectivity index (χ1n) is 7.54. The number of carbonyl (C=O) groups is 1. The summed E-state index contributed by atoms with van der Waals surface area (Å²) in [6.45, 7) is 7.66. The largest absolute Gasteiger partial charge is 0.342 e. The molecule has 1 fully saturated rings. The number of nitrogens with one attached hydrogen (secondary N) is 1. The van der Waals surface area contributed by atoms with E-state index >= 15 is 0 Å². The van der Waals surface area contributed by atoms with Crippen LogP contribution in [-0.4, -0.2) is 41.1 Å². The Morgan fingerprint density at radius 2 is 2.35 bits per heavy atom. The monoisotopic (exact) mass is 297 g/mol. The second-order valence-corrected chi connectivity index (χ2v) is 5.76. The van der Waals surface area contributed by atoms with E-state index in [2.05, 4.69) is 12.2 Å². The number of aromatic nitrogens is 1. The molecule has 0 bridgehead atoms. The van der Waals surface area contributed by atoms with Crippen molar-refractivity contribution in [3.8, 4) is 0 Å². The summed E-state index contributed by atoms with van der Waals surface area (Å²) in [4.78, 5) is 14.9. The summed E-state index contributed by atoms with van der Waals surface area (Å²) in [6, 6.07) is 2.09. The first-order valence-corrected chi connectivity index (χ1v) is 7.92. The van der Waals surface area contributed by atoms with E-state index in [4.69, 9.17) is 11.6 Å². The minimum absolute atomic E-state index is 0.106.